The van der Waals surface area contributed by atoms with Crippen LogP contribution in [0.15, 0.2) is 29.2 Å². The zero-order valence-corrected chi connectivity index (χ0v) is 20.9. The number of nitrogens with one attached hydrogen (secondary N) is 1. The Morgan fingerprint density at radius 1 is 1.03 bits per heavy atom. The van der Waals surface area contributed by atoms with Crippen LogP contribution < -0.4 is 4.72 Å². The molecule has 0 aliphatic carbocycles. The van der Waals surface area contributed by atoms with Gasteiger partial charge in [0.2, 0.25) is 15.9 Å². The van der Waals surface area contributed by atoms with E-state index in [4.69, 9.17) is 0 Å². The average molecular weight is 464 g/mol. The normalized spacial score (nSPS) is 22.0. The molecule has 180 valence electrons. The third-order valence-corrected chi connectivity index (χ3v) is 8.17. The highest BCUT2D eigenvalue weighted by Gasteiger charge is 2.33. The minimum Gasteiger partial charge on any atom is -0.341 e. The molecule has 2 fully saturated rings. The van der Waals surface area contributed by atoms with Gasteiger partial charge in [-0.1, -0.05) is 44.4 Å². The summed E-state index contributed by atoms with van der Waals surface area (Å²) in [6.45, 7) is 10.8. The van der Waals surface area contributed by atoms with Crippen LogP contribution >= 0.6 is 0 Å². The average Bonchev–Trinajstić information content (AvgIpc) is 3.01. The summed E-state index contributed by atoms with van der Waals surface area (Å²) in [5.41, 5.74) is 1.00. The first-order valence-electron chi connectivity index (χ1n) is 12.3. The predicted molar refractivity (Wildman–Crippen MR) is 129 cm³/mol. The van der Waals surface area contributed by atoms with Gasteiger partial charge in [-0.05, 0) is 76.1 Å². The van der Waals surface area contributed by atoms with E-state index in [1.165, 1.54) is 25.7 Å². The third kappa shape index (κ3) is 7.29. The van der Waals surface area contributed by atoms with Crippen molar-refractivity contribution in [3.63, 3.8) is 0 Å². The van der Waals surface area contributed by atoms with Gasteiger partial charge in [-0.3, -0.25) is 4.79 Å². The zero-order valence-electron chi connectivity index (χ0n) is 20.1. The molecule has 6 nitrogen and oxygen atoms in total. The summed E-state index contributed by atoms with van der Waals surface area (Å²) in [5.74, 6) is 0.608. The summed E-state index contributed by atoms with van der Waals surface area (Å²) in [6, 6.07) is 6.05. The van der Waals surface area contributed by atoms with Gasteiger partial charge in [-0.15, -0.1) is 0 Å². The van der Waals surface area contributed by atoms with Gasteiger partial charge in [-0.25, -0.2) is 8.42 Å². The summed E-state index contributed by atoms with van der Waals surface area (Å²) in [6.07, 6.45) is 7.82. The van der Waals surface area contributed by atoms with E-state index < -0.39 is 16.1 Å². The second kappa shape index (κ2) is 11.6. The van der Waals surface area contributed by atoms with Crippen LogP contribution in [0.1, 0.15) is 64.4 Å². The number of hydrogen-bond acceptors (Lipinski definition) is 4. The maximum absolute atomic E-state index is 13.5. The first-order chi connectivity index (χ1) is 15.2. The molecule has 2 aliphatic rings. The fraction of sp³-hybridized carbons (Fsp3) is 0.720. The van der Waals surface area contributed by atoms with E-state index in [9.17, 15) is 13.2 Å². The maximum atomic E-state index is 13.5. The summed E-state index contributed by atoms with van der Waals surface area (Å²) < 4.78 is 28.7. The molecular formula is C25H41N3O3S. The van der Waals surface area contributed by atoms with E-state index in [0.717, 1.165) is 51.1 Å². The number of amides is 1. The van der Waals surface area contributed by atoms with Crippen LogP contribution in [0.5, 0.6) is 0 Å². The first-order valence-corrected chi connectivity index (χ1v) is 13.8. The van der Waals surface area contributed by atoms with E-state index in [1.54, 1.807) is 24.3 Å². The highest BCUT2D eigenvalue weighted by Crippen LogP contribution is 2.22. The molecule has 1 aromatic rings. The molecule has 32 heavy (non-hydrogen) atoms. The molecule has 2 unspecified atom stereocenters. The molecule has 3 rings (SSSR count). The molecule has 0 aromatic heterocycles. The smallest absolute Gasteiger partial charge is 0.241 e. The molecular weight excluding hydrogens is 422 g/mol. The molecule has 7 heteroatoms. The number of likely N-dealkylation sites (tertiary alicyclic amines) is 2. The van der Waals surface area contributed by atoms with Gasteiger partial charge in [0.15, 0.2) is 0 Å². The molecule has 1 amide bonds. The van der Waals surface area contributed by atoms with Crippen molar-refractivity contribution in [1.29, 1.82) is 0 Å². The fourth-order valence-corrected chi connectivity index (χ4v) is 6.16. The summed E-state index contributed by atoms with van der Waals surface area (Å²) >= 11 is 0. The number of piperidine rings is 1. The molecule has 0 radical (unpaired) electrons. The second-order valence-corrected chi connectivity index (χ2v) is 11.8. The van der Waals surface area contributed by atoms with Crippen LogP contribution in [-0.4, -0.2) is 62.9 Å². The Morgan fingerprint density at radius 2 is 1.69 bits per heavy atom. The molecule has 2 atom stereocenters. The monoisotopic (exact) mass is 463 g/mol. The van der Waals surface area contributed by atoms with Gasteiger partial charge in [0.25, 0.3) is 0 Å². The molecule has 1 aromatic carbocycles. The summed E-state index contributed by atoms with van der Waals surface area (Å²) in [5, 5.41) is 0. The van der Waals surface area contributed by atoms with Gasteiger partial charge < -0.3 is 9.80 Å². The Kier molecular flexibility index (Phi) is 9.14. The number of sulfonamides is 1. The van der Waals surface area contributed by atoms with Crippen molar-refractivity contribution >= 4 is 15.9 Å². The molecule has 2 aliphatic heterocycles. The Labute approximate surface area is 194 Å². The van der Waals surface area contributed by atoms with Gasteiger partial charge in [0.1, 0.15) is 6.04 Å². The minimum atomic E-state index is -3.75. The van der Waals surface area contributed by atoms with Gasteiger partial charge in [-0.2, -0.15) is 4.72 Å². The van der Waals surface area contributed by atoms with Crippen LogP contribution in [0.4, 0.5) is 0 Å². The van der Waals surface area contributed by atoms with E-state index in [2.05, 4.69) is 9.62 Å². The quantitative estimate of drug-likeness (QED) is 0.637. The van der Waals surface area contributed by atoms with Crippen molar-refractivity contribution in [2.75, 3.05) is 32.7 Å². The highest BCUT2D eigenvalue weighted by molar-refractivity contribution is 7.89. The van der Waals surface area contributed by atoms with Crippen LogP contribution in [0, 0.1) is 18.8 Å². The molecule has 0 bridgehead atoms. The maximum Gasteiger partial charge on any atom is 0.241 e. The van der Waals surface area contributed by atoms with E-state index >= 15 is 0 Å². The topological polar surface area (TPSA) is 69.7 Å². The Bertz CT molecular complexity index is 830. The molecule has 0 saturated carbocycles. The molecule has 2 heterocycles. The van der Waals surface area contributed by atoms with E-state index in [0.29, 0.717) is 12.3 Å². The SMILES string of the molecule is Cc1ccc(S(=O)(=O)NC(CC(C)C)C(=O)N2CCCC(CN3CCCCCC3)C2)cc1. The third-order valence-electron chi connectivity index (χ3n) is 6.68. The number of benzene rings is 1. The van der Waals surface area contributed by atoms with Crippen LogP contribution in [0.2, 0.25) is 0 Å². The van der Waals surface area contributed by atoms with E-state index in [-0.39, 0.29) is 16.7 Å². The number of carbonyl (C=O) groups is 1. The zero-order chi connectivity index (χ0) is 23.1. The van der Waals surface area contributed by atoms with Gasteiger partial charge in [0.05, 0.1) is 4.90 Å². The standard InChI is InChI=1S/C25H41N3O3S/c1-20(2)17-24(26-32(30,31)23-12-10-21(3)11-13-23)25(29)28-16-8-9-22(19-28)18-27-14-6-4-5-7-15-27/h10-13,20,22,24,26H,4-9,14-19H2,1-3H3. The molecule has 2 saturated heterocycles. The number of carbonyl (C=O) groups excluding carboxylic acids is 1. The highest BCUT2D eigenvalue weighted by atomic mass is 32.2. The van der Waals surface area contributed by atoms with E-state index in [1.807, 2.05) is 25.7 Å². The van der Waals surface area contributed by atoms with Crippen LogP contribution in [-0.2, 0) is 14.8 Å². The van der Waals surface area contributed by atoms with Crippen molar-refractivity contribution in [3.05, 3.63) is 29.8 Å². The first kappa shape index (κ1) is 25.2. The Morgan fingerprint density at radius 3 is 2.31 bits per heavy atom. The molecule has 0 spiro atoms. The van der Waals surface area contributed by atoms with Crippen molar-refractivity contribution in [2.24, 2.45) is 11.8 Å². The van der Waals surface area contributed by atoms with Gasteiger partial charge >= 0.3 is 0 Å². The van der Waals surface area contributed by atoms with Crippen molar-refractivity contribution in [2.45, 2.75) is 76.7 Å². The second-order valence-electron chi connectivity index (χ2n) is 10.1. The lowest BCUT2D eigenvalue weighted by atomic mass is 9.95. The minimum absolute atomic E-state index is 0.0741. The Hall–Kier alpha value is -1.44. The summed E-state index contributed by atoms with van der Waals surface area (Å²) in [4.78, 5) is 18.2. The van der Waals surface area contributed by atoms with Crippen molar-refractivity contribution < 1.29 is 13.2 Å². The number of hydrogen-bond donors (Lipinski definition) is 1. The Balaban J connectivity index is 1.67. The lowest BCUT2D eigenvalue weighted by Gasteiger charge is -2.37. The lowest BCUT2D eigenvalue weighted by Crippen LogP contribution is -2.52. The largest absolute Gasteiger partial charge is 0.341 e. The fourth-order valence-electron chi connectivity index (χ4n) is 4.96. The van der Waals surface area contributed by atoms with Crippen LogP contribution in [0.25, 0.3) is 0 Å². The molecule has 1 N–H and O–H groups in total. The van der Waals surface area contributed by atoms with Crippen LogP contribution in [0.3, 0.4) is 0 Å². The predicted octanol–water partition coefficient (Wildman–Crippen LogP) is 3.80. The number of aryl methyl sites for hydroxylation is 1. The lowest BCUT2D eigenvalue weighted by molar-refractivity contribution is -0.135. The number of rotatable bonds is 8. The van der Waals surface area contributed by atoms with Gasteiger partial charge in [0, 0.05) is 19.6 Å². The van der Waals surface area contributed by atoms with Crippen molar-refractivity contribution in [1.82, 2.24) is 14.5 Å². The van der Waals surface area contributed by atoms with Crippen molar-refractivity contribution in [3.8, 4) is 0 Å². The number of nitrogens with zero attached hydrogens (tertiary/aromatic N) is 2. The summed E-state index contributed by atoms with van der Waals surface area (Å²) in [7, 11) is -3.75.